The van der Waals surface area contributed by atoms with Crippen LogP contribution >= 0.6 is 0 Å². The van der Waals surface area contributed by atoms with E-state index < -0.39 is 0 Å². The second kappa shape index (κ2) is 4.91. The Labute approximate surface area is 149 Å². The highest BCUT2D eigenvalue weighted by atomic mass is 14.9. The van der Waals surface area contributed by atoms with E-state index in [4.69, 9.17) is 9.97 Å². The zero-order valence-corrected chi connectivity index (χ0v) is 15.3. The third-order valence-corrected chi connectivity index (χ3v) is 6.70. The van der Waals surface area contributed by atoms with Crippen molar-refractivity contribution in [3.05, 3.63) is 59.4 Å². The lowest BCUT2D eigenvalue weighted by Crippen LogP contribution is -2.45. The van der Waals surface area contributed by atoms with Crippen molar-refractivity contribution in [1.29, 1.82) is 0 Å². The van der Waals surface area contributed by atoms with E-state index in [0.29, 0.717) is 0 Å². The van der Waals surface area contributed by atoms with Crippen LogP contribution in [0.3, 0.4) is 0 Å². The van der Waals surface area contributed by atoms with E-state index in [-0.39, 0.29) is 10.8 Å². The van der Waals surface area contributed by atoms with Crippen molar-refractivity contribution >= 4 is 11.0 Å². The van der Waals surface area contributed by atoms with Crippen molar-refractivity contribution in [3.63, 3.8) is 0 Å². The maximum atomic E-state index is 5.18. The molecule has 0 saturated heterocycles. The summed E-state index contributed by atoms with van der Waals surface area (Å²) in [6, 6.07) is 15.1. The van der Waals surface area contributed by atoms with E-state index in [2.05, 4.69) is 63.2 Å². The molecular formula is C23H24N2. The fraction of sp³-hybridized carbons (Fsp3) is 0.391. The van der Waals surface area contributed by atoms with Crippen LogP contribution in [0.2, 0.25) is 0 Å². The van der Waals surface area contributed by atoms with Crippen LogP contribution < -0.4 is 0 Å². The van der Waals surface area contributed by atoms with Gasteiger partial charge in [-0.25, -0.2) is 9.97 Å². The fourth-order valence-electron chi connectivity index (χ4n) is 4.80. The molecule has 1 saturated carbocycles. The summed E-state index contributed by atoms with van der Waals surface area (Å²) < 4.78 is 0. The molecule has 2 nitrogen and oxygen atoms in total. The second-order valence-electron chi connectivity index (χ2n) is 8.56. The predicted molar refractivity (Wildman–Crippen MR) is 103 cm³/mol. The average molecular weight is 328 g/mol. The smallest absolute Gasteiger partial charge is 0.0897 e. The van der Waals surface area contributed by atoms with Gasteiger partial charge in [-0.2, -0.15) is 0 Å². The average Bonchev–Trinajstić information content (AvgIpc) is 2.63. The lowest BCUT2D eigenvalue weighted by molar-refractivity contribution is 0.177. The van der Waals surface area contributed by atoms with Crippen molar-refractivity contribution < 1.29 is 0 Å². The molecule has 0 spiro atoms. The summed E-state index contributed by atoms with van der Waals surface area (Å²) >= 11 is 0. The van der Waals surface area contributed by atoms with Crippen molar-refractivity contribution in [2.24, 2.45) is 0 Å². The Morgan fingerprint density at radius 1 is 0.760 bits per heavy atom. The molecule has 126 valence electrons. The number of hydrogen-bond donors (Lipinski definition) is 0. The molecular weight excluding hydrogens is 304 g/mol. The van der Waals surface area contributed by atoms with Gasteiger partial charge in [-0.3, -0.25) is 0 Å². The number of benzene rings is 2. The third kappa shape index (κ3) is 2.09. The molecule has 3 aromatic rings. The molecule has 2 bridgehead atoms. The minimum atomic E-state index is 0.214. The monoisotopic (exact) mass is 328 g/mol. The minimum absolute atomic E-state index is 0.214. The van der Waals surface area contributed by atoms with Crippen LogP contribution in [0.1, 0.15) is 56.5 Å². The Balaban J connectivity index is 1.77. The highest BCUT2D eigenvalue weighted by Gasteiger charge is 2.50. The summed E-state index contributed by atoms with van der Waals surface area (Å²) in [6.45, 7) is 6.95. The summed E-state index contributed by atoms with van der Waals surface area (Å²) in [5, 5.41) is 0. The van der Waals surface area contributed by atoms with E-state index in [1.807, 2.05) is 0 Å². The van der Waals surface area contributed by atoms with Gasteiger partial charge in [0.1, 0.15) is 0 Å². The summed E-state index contributed by atoms with van der Waals surface area (Å²) in [4.78, 5) is 10.3. The number of nitrogens with zero attached hydrogens (tertiary/aromatic N) is 2. The van der Waals surface area contributed by atoms with Crippen molar-refractivity contribution in [3.8, 4) is 11.1 Å². The van der Waals surface area contributed by atoms with Gasteiger partial charge in [-0.05, 0) is 61.4 Å². The normalized spacial score (nSPS) is 27.5. The molecule has 0 radical (unpaired) electrons. The van der Waals surface area contributed by atoms with Crippen LogP contribution in [0.15, 0.2) is 42.5 Å². The molecule has 0 amide bonds. The van der Waals surface area contributed by atoms with Crippen LogP contribution in [-0.4, -0.2) is 9.97 Å². The highest BCUT2D eigenvalue weighted by molar-refractivity contribution is 5.84. The SMILES string of the molecule is Cc1cc2nc3c(nc2cc1-c1ccccc1)C1(C)CCC3(C)CC1. The molecule has 0 unspecified atom stereocenters. The summed E-state index contributed by atoms with van der Waals surface area (Å²) in [7, 11) is 0. The number of rotatable bonds is 1. The molecule has 0 aliphatic heterocycles. The van der Waals surface area contributed by atoms with Gasteiger partial charge < -0.3 is 0 Å². The van der Waals surface area contributed by atoms with E-state index in [9.17, 15) is 0 Å². The lowest BCUT2D eigenvalue weighted by Gasteiger charge is -2.50. The molecule has 3 aliphatic carbocycles. The van der Waals surface area contributed by atoms with E-state index in [1.165, 1.54) is 53.8 Å². The Morgan fingerprint density at radius 2 is 1.28 bits per heavy atom. The molecule has 0 N–H and O–H groups in total. The van der Waals surface area contributed by atoms with Crippen LogP contribution in [0, 0.1) is 6.92 Å². The standard InChI is InChI=1S/C23H24N2/c1-15-13-18-19(14-17(15)16-7-5-4-6-8-16)25-21-20(24-18)22(2)9-11-23(21,3)12-10-22/h4-8,13-14H,9-12H2,1-3H3. The molecule has 6 rings (SSSR count). The number of hydrogen-bond acceptors (Lipinski definition) is 2. The van der Waals surface area contributed by atoms with Gasteiger partial charge in [-0.1, -0.05) is 44.2 Å². The van der Waals surface area contributed by atoms with Crippen LogP contribution in [0.4, 0.5) is 0 Å². The van der Waals surface area contributed by atoms with Crippen molar-refractivity contribution in [2.45, 2.75) is 57.3 Å². The number of fused-ring (bicyclic) bond motifs is 3. The second-order valence-corrected chi connectivity index (χ2v) is 8.56. The molecule has 1 heterocycles. The first kappa shape index (κ1) is 15.1. The molecule has 1 fully saturated rings. The van der Waals surface area contributed by atoms with Gasteiger partial charge in [0.15, 0.2) is 0 Å². The maximum absolute atomic E-state index is 5.18. The molecule has 2 heteroatoms. The Hall–Kier alpha value is -2.22. The Morgan fingerprint density at radius 3 is 1.84 bits per heavy atom. The Kier molecular flexibility index (Phi) is 2.96. The number of aryl methyl sites for hydroxylation is 1. The van der Waals surface area contributed by atoms with Gasteiger partial charge in [0.2, 0.25) is 0 Å². The van der Waals surface area contributed by atoms with Gasteiger partial charge in [0.05, 0.1) is 22.4 Å². The quantitative estimate of drug-likeness (QED) is 0.572. The van der Waals surface area contributed by atoms with E-state index >= 15 is 0 Å². The fourth-order valence-corrected chi connectivity index (χ4v) is 4.80. The maximum Gasteiger partial charge on any atom is 0.0897 e. The summed E-state index contributed by atoms with van der Waals surface area (Å²) in [6.07, 6.45) is 4.98. The summed E-state index contributed by atoms with van der Waals surface area (Å²) in [5.74, 6) is 0. The molecule has 0 atom stereocenters. The first-order valence-corrected chi connectivity index (χ1v) is 9.37. The third-order valence-electron chi connectivity index (χ3n) is 6.70. The van der Waals surface area contributed by atoms with Gasteiger partial charge >= 0.3 is 0 Å². The van der Waals surface area contributed by atoms with Crippen LogP contribution in [0.25, 0.3) is 22.2 Å². The summed E-state index contributed by atoms with van der Waals surface area (Å²) in [5.41, 5.74) is 8.85. The zero-order valence-electron chi connectivity index (χ0n) is 15.3. The van der Waals surface area contributed by atoms with E-state index in [1.54, 1.807) is 0 Å². The topological polar surface area (TPSA) is 25.8 Å². The van der Waals surface area contributed by atoms with Gasteiger partial charge in [-0.15, -0.1) is 0 Å². The molecule has 1 aromatic heterocycles. The van der Waals surface area contributed by atoms with E-state index in [0.717, 1.165) is 11.0 Å². The first-order chi connectivity index (χ1) is 12.0. The number of aromatic nitrogens is 2. The van der Waals surface area contributed by atoms with Crippen molar-refractivity contribution in [2.75, 3.05) is 0 Å². The van der Waals surface area contributed by atoms with Crippen molar-refractivity contribution in [1.82, 2.24) is 9.97 Å². The highest BCUT2D eigenvalue weighted by Crippen LogP contribution is 2.55. The van der Waals surface area contributed by atoms with Crippen LogP contribution in [0.5, 0.6) is 0 Å². The molecule has 2 aromatic carbocycles. The molecule has 3 aliphatic rings. The van der Waals surface area contributed by atoms with Crippen LogP contribution in [-0.2, 0) is 10.8 Å². The zero-order chi connectivity index (χ0) is 17.2. The largest absolute Gasteiger partial charge is 0.249 e. The van der Waals surface area contributed by atoms with Gasteiger partial charge in [0, 0.05) is 10.8 Å². The lowest BCUT2D eigenvalue weighted by atomic mass is 9.55. The minimum Gasteiger partial charge on any atom is -0.249 e. The van der Waals surface area contributed by atoms with Gasteiger partial charge in [0.25, 0.3) is 0 Å². The Bertz CT molecular complexity index is 980. The first-order valence-electron chi connectivity index (χ1n) is 9.37. The predicted octanol–water partition coefficient (Wildman–Crippen LogP) is 5.71. The molecule has 25 heavy (non-hydrogen) atoms.